The summed E-state index contributed by atoms with van der Waals surface area (Å²) >= 11 is 0. The quantitative estimate of drug-likeness (QED) is 0.257. The standard InChI is InChI=1S/C25H45N/c1-4-6-7-8-9-10-11-12-13-14-15-16-17-22-26(3)23-25-20-18-24(5-2)19-21-25/h18-21H,4-17,22-23H2,1-3H3. The maximum absolute atomic E-state index is 2.47. The van der Waals surface area contributed by atoms with E-state index in [1.807, 2.05) is 0 Å². The maximum atomic E-state index is 2.47. The van der Waals surface area contributed by atoms with Gasteiger partial charge in [0.05, 0.1) is 0 Å². The molecule has 0 saturated heterocycles. The Morgan fingerprint density at radius 3 is 1.46 bits per heavy atom. The predicted octanol–water partition coefficient (Wildman–Crippen LogP) is 7.77. The van der Waals surface area contributed by atoms with E-state index in [9.17, 15) is 0 Å². The van der Waals surface area contributed by atoms with Crippen LogP contribution in [0.25, 0.3) is 0 Å². The van der Waals surface area contributed by atoms with Crippen LogP contribution < -0.4 is 0 Å². The van der Waals surface area contributed by atoms with Gasteiger partial charge in [0, 0.05) is 6.54 Å². The summed E-state index contributed by atoms with van der Waals surface area (Å²) in [6.07, 6.45) is 19.8. The lowest BCUT2D eigenvalue weighted by Crippen LogP contribution is -2.19. The molecule has 1 aromatic carbocycles. The second-order valence-corrected chi connectivity index (χ2v) is 8.15. The molecule has 0 aromatic heterocycles. The van der Waals surface area contributed by atoms with Gasteiger partial charge in [0.2, 0.25) is 0 Å². The summed E-state index contributed by atoms with van der Waals surface area (Å²) in [5, 5.41) is 0. The minimum absolute atomic E-state index is 1.09. The molecule has 0 amide bonds. The van der Waals surface area contributed by atoms with Gasteiger partial charge in [-0.3, -0.25) is 0 Å². The van der Waals surface area contributed by atoms with Gasteiger partial charge in [-0.1, -0.05) is 115 Å². The summed E-state index contributed by atoms with van der Waals surface area (Å²) in [6, 6.07) is 9.13. The van der Waals surface area contributed by atoms with Gasteiger partial charge in [0.1, 0.15) is 0 Å². The summed E-state index contributed by atoms with van der Waals surface area (Å²) in [5.41, 5.74) is 2.88. The van der Waals surface area contributed by atoms with Crippen LogP contribution in [0.5, 0.6) is 0 Å². The van der Waals surface area contributed by atoms with Crippen molar-refractivity contribution in [1.82, 2.24) is 4.90 Å². The number of benzene rings is 1. The van der Waals surface area contributed by atoms with Gasteiger partial charge in [0.25, 0.3) is 0 Å². The molecule has 0 unspecified atom stereocenters. The lowest BCUT2D eigenvalue weighted by molar-refractivity contribution is 0.316. The Kier molecular flexibility index (Phi) is 14.6. The highest BCUT2D eigenvalue weighted by Crippen LogP contribution is 2.13. The van der Waals surface area contributed by atoms with Gasteiger partial charge in [-0.15, -0.1) is 0 Å². The Labute approximate surface area is 164 Å². The molecule has 1 heteroatoms. The number of aryl methyl sites for hydroxylation is 1. The Morgan fingerprint density at radius 1 is 0.577 bits per heavy atom. The van der Waals surface area contributed by atoms with Crippen LogP contribution in [0.2, 0.25) is 0 Å². The second-order valence-electron chi connectivity index (χ2n) is 8.15. The van der Waals surface area contributed by atoms with Gasteiger partial charge in [-0.2, -0.15) is 0 Å². The van der Waals surface area contributed by atoms with Gasteiger partial charge < -0.3 is 4.90 Å². The maximum Gasteiger partial charge on any atom is 0.0230 e. The smallest absolute Gasteiger partial charge is 0.0230 e. The molecule has 0 heterocycles. The van der Waals surface area contributed by atoms with Crippen molar-refractivity contribution in [2.24, 2.45) is 0 Å². The van der Waals surface area contributed by atoms with Crippen LogP contribution in [-0.2, 0) is 13.0 Å². The van der Waals surface area contributed by atoms with Crippen LogP contribution >= 0.6 is 0 Å². The van der Waals surface area contributed by atoms with Crippen LogP contribution in [0.15, 0.2) is 24.3 Å². The molecule has 0 aliphatic rings. The first-order chi connectivity index (χ1) is 12.8. The molecule has 0 fully saturated rings. The topological polar surface area (TPSA) is 3.24 Å². The molecule has 0 saturated carbocycles. The van der Waals surface area contributed by atoms with E-state index in [4.69, 9.17) is 0 Å². The molecule has 150 valence electrons. The fraction of sp³-hybridized carbons (Fsp3) is 0.760. The van der Waals surface area contributed by atoms with Crippen molar-refractivity contribution in [3.8, 4) is 0 Å². The molecule has 0 atom stereocenters. The molecule has 1 aromatic rings. The van der Waals surface area contributed by atoms with Crippen molar-refractivity contribution in [1.29, 1.82) is 0 Å². The van der Waals surface area contributed by atoms with E-state index in [1.165, 1.54) is 101 Å². The van der Waals surface area contributed by atoms with Crippen LogP contribution in [-0.4, -0.2) is 18.5 Å². The normalized spacial score (nSPS) is 11.4. The van der Waals surface area contributed by atoms with Crippen molar-refractivity contribution >= 4 is 0 Å². The highest BCUT2D eigenvalue weighted by molar-refractivity contribution is 5.22. The van der Waals surface area contributed by atoms with E-state index in [1.54, 1.807) is 0 Å². The average molecular weight is 360 g/mol. The minimum Gasteiger partial charge on any atom is -0.302 e. The zero-order valence-electron chi connectivity index (χ0n) is 18.1. The van der Waals surface area contributed by atoms with Crippen LogP contribution in [0.1, 0.15) is 108 Å². The molecule has 0 aliphatic heterocycles. The molecule has 1 nitrogen and oxygen atoms in total. The largest absolute Gasteiger partial charge is 0.302 e. The Morgan fingerprint density at radius 2 is 1.00 bits per heavy atom. The predicted molar refractivity (Wildman–Crippen MR) is 118 cm³/mol. The van der Waals surface area contributed by atoms with E-state index in [-0.39, 0.29) is 0 Å². The zero-order valence-corrected chi connectivity index (χ0v) is 18.1. The molecular weight excluding hydrogens is 314 g/mol. The molecule has 1 rings (SSSR count). The SMILES string of the molecule is CCCCCCCCCCCCCCCN(C)Cc1ccc(CC)cc1. The Hall–Kier alpha value is -0.820. The second kappa shape index (κ2) is 16.4. The van der Waals surface area contributed by atoms with Crippen LogP contribution in [0.3, 0.4) is 0 Å². The number of hydrogen-bond donors (Lipinski definition) is 0. The monoisotopic (exact) mass is 359 g/mol. The third kappa shape index (κ3) is 12.5. The van der Waals surface area contributed by atoms with Crippen molar-refractivity contribution in [3.63, 3.8) is 0 Å². The van der Waals surface area contributed by atoms with Gasteiger partial charge >= 0.3 is 0 Å². The minimum atomic E-state index is 1.09. The number of hydrogen-bond acceptors (Lipinski definition) is 1. The van der Waals surface area contributed by atoms with E-state index in [0.717, 1.165) is 13.0 Å². The highest BCUT2D eigenvalue weighted by Gasteiger charge is 2.01. The first-order valence-electron chi connectivity index (χ1n) is 11.5. The lowest BCUT2D eigenvalue weighted by atomic mass is 10.0. The van der Waals surface area contributed by atoms with Crippen molar-refractivity contribution in [2.75, 3.05) is 13.6 Å². The van der Waals surface area contributed by atoms with Crippen molar-refractivity contribution < 1.29 is 0 Å². The fourth-order valence-electron chi connectivity index (χ4n) is 3.67. The molecule has 0 aliphatic carbocycles. The van der Waals surface area contributed by atoms with Crippen LogP contribution in [0.4, 0.5) is 0 Å². The van der Waals surface area contributed by atoms with Crippen molar-refractivity contribution in [3.05, 3.63) is 35.4 Å². The van der Waals surface area contributed by atoms with Crippen LogP contribution in [0, 0.1) is 0 Å². The summed E-state index contributed by atoms with van der Waals surface area (Å²) in [5.74, 6) is 0. The summed E-state index contributed by atoms with van der Waals surface area (Å²) < 4.78 is 0. The molecule has 26 heavy (non-hydrogen) atoms. The van der Waals surface area contributed by atoms with Gasteiger partial charge in [-0.25, -0.2) is 0 Å². The van der Waals surface area contributed by atoms with Gasteiger partial charge in [-0.05, 0) is 37.6 Å². The number of unbranched alkanes of at least 4 members (excludes halogenated alkanes) is 12. The molecule has 0 bridgehead atoms. The molecule has 0 radical (unpaired) electrons. The summed E-state index contributed by atoms with van der Waals surface area (Å²) in [7, 11) is 2.26. The Balaban J connectivity index is 1.87. The zero-order chi connectivity index (χ0) is 18.9. The van der Waals surface area contributed by atoms with E-state index >= 15 is 0 Å². The first-order valence-corrected chi connectivity index (χ1v) is 11.5. The lowest BCUT2D eigenvalue weighted by Gasteiger charge is -2.16. The summed E-state index contributed by atoms with van der Waals surface area (Å²) in [6.45, 7) is 6.83. The van der Waals surface area contributed by atoms with E-state index in [0.29, 0.717) is 0 Å². The first kappa shape index (κ1) is 23.2. The average Bonchev–Trinajstić information content (AvgIpc) is 2.66. The Bertz CT molecular complexity index is 409. The number of rotatable bonds is 17. The molecule has 0 N–H and O–H groups in total. The van der Waals surface area contributed by atoms with Crippen molar-refractivity contribution in [2.45, 2.75) is 110 Å². The molecular formula is C25H45N. The molecule has 0 spiro atoms. The number of nitrogens with zero attached hydrogens (tertiary/aromatic N) is 1. The van der Waals surface area contributed by atoms with E-state index in [2.05, 4.69) is 50.1 Å². The van der Waals surface area contributed by atoms with E-state index < -0.39 is 0 Å². The third-order valence-corrected chi connectivity index (χ3v) is 5.53. The highest BCUT2D eigenvalue weighted by atomic mass is 15.1. The third-order valence-electron chi connectivity index (χ3n) is 5.53. The summed E-state index contributed by atoms with van der Waals surface area (Å²) in [4.78, 5) is 2.47. The fourth-order valence-corrected chi connectivity index (χ4v) is 3.67. The van der Waals surface area contributed by atoms with Gasteiger partial charge in [0.15, 0.2) is 0 Å².